The lowest BCUT2D eigenvalue weighted by atomic mass is 9.88. The Balaban J connectivity index is 2.27. The van der Waals surface area contributed by atoms with Gasteiger partial charge in [0, 0.05) is 0 Å². The van der Waals surface area contributed by atoms with E-state index in [1.54, 1.807) is 0 Å². The number of hydrogen-bond acceptors (Lipinski definition) is 1. The van der Waals surface area contributed by atoms with Crippen molar-refractivity contribution in [1.82, 2.24) is 0 Å². The topological polar surface area (TPSA) is 9.23 Å². The van der Waals surface area contributed by atoms with E-state index in [0.717, 1.165) is 25.2 Å². The minimum atomic E-state index is 0.311. The lowest BCUT2D eigenvalue weighted by Crippen LogP contribution is -2.19. The van der Waals surface area contributed by atoms with Gasteiger partial charge in [0.15, 0.2) is 0 Å². The van der Waals surface area contributed by atoms with E-state index in [2.05, 4.69) is 39.0 Å². The molecule has 0 fully saturated rings. The molecule has 0 radical (unpaired) electrons. The van der Waals surface area contributed by atoms with Crippen LogP contribution in [-0.4, -0.2) is 6.61 Å². The van der Waals surface area contributed by atoms with Crippen molar-refractivity contribution in [2.24, 2.45) is 5.41 Å². The first-order valence-corrected chi connectivity index (χ1v) is 5.85. The molecular weight excluding hydrogens is 184 g/mol. The van der Waals surface area contributed by atoms with Crippen LogP contribution in [-0.2, 0) is 12.8 Å². The van der Waals surface area contributed by atoms with Crippen LogP contribution < -0.4 is 4.74 Å². The van der Waals surface area contributed by atoms with Crippen LogP contribution in [0, 0.1) is 5.41 Å². The number of rotatable bonds is 1. The minimum absolute atomic E-state index is 0.311. The standard InChI is InChI=1S/C14H20O/c1-4-11-5-6-13-12(9-11)7-8-14(2,3)10-15-13/h5-6,9H,4,7-8,10H2,1-3H3. The molecule has 1 nitrogen and oxygen atoms in total. The monoisotopic (exact) mass is 204 g/mol. The summed E-state index contributed by atoms with van der Waals surface area (Å²) in [5, 5.41) is 0. The zero-order chi connectivity index (χ0) is 10.9. The van der Waals surface area contributed by atoms with Crippen molar-refractivity contribution in [2.75, 3.05) is 6.61 Å². The Morgan fingerprint density at radius 1 is 1.33 bits per heavy atom. The molecule has 0 bridgehead atoms. The average molecular weight is 204 g/mol. The molecule has 0 spiro atoms. The summed E-state index contributed by atoms with van der Waals surface area (Å²) in [6.07, 6.45) is 3.47. The van der Waals surface area contributed by atoms with E-state index < -0.39 is 0 Å². The van der Waals surface area contributed by atoms with Gasteiger partial charge in [0.2, 0.25) is 0 Å². The molecule has 1 aromatic carbocycles. The highest BCUT2D eigenvalue weighted by Crippen LogP contribution is 2.32. The van der Waals surface area contributed by atoms with Crippen molar-refractivity contribution >= 4 is 0 Å². The second kappa shape index (κ2) is 3.88. The number of fused-ring (bicyclic) bond motifs is 1. The zero-order valence-corrected chi connectivity index (χ0v) is 9.97. The summed E-state index contributed by atoms with van der Waals surface area (Å²) in [7, 11) is 0. The Kier molecular flexibility index (Phi) is 2.72. The van der Waals surface area contributed by atoms with Crippen LogP contribution >= 0.6 is 0 Å². The summed E-state index contributed by atoms with van der Waals surface area (Å²) in [6.45, 7) is 7.59. The fourth-order valence-electron chi connectivity index (χ4n) is 2.01. The van der Waals surface area contributed by atoms with Gasteiger partial charge in [-0.2, -0.15) is 0 Å². The quantitative estimate of drug-likeness (QED) is 0.679. The molecular formula is C14H20O. The predicted octanol–water partition coefficient (Wildman–Crippen LogP) is 3.60. The molecule has 82 valence electrons. The van der Waals surface area contributed by atoms with Crippen LogP contribution in [0.3, 0.4) is 0 Å². The van der Waals surface area contributed by atoms with Crippen molar-refractivity contribution in [1.29, 1.82) is 0 Å². The summed E-state index contributed by atoms with van der Waals surface area (Å²) in [4.78, 5) is 0. The highest BCUT2D eigenvalue weighted by molar-refractivity contribution is 5.38. The Hall–Kier alpha value is -0.980. The minimum Gasteiger partial charge on any atom is -0.493 e. The predicted molar refractivity (Wildman–Crippen MR) is 63.4 cm³/mol. The summed E-state index contributed by atoms with van der Waals surface area (Å²) >= 11 is 0. The van der Waals surface area contributed by atoms with Gasteiger partial charge in [0.05, 0.1) is 6.61 Å². The molecule has 0 saturated carbocycles. The first-order valence-electron chi connectivity index (χ1n) is 5.85. The third kappa shape index (κ3) is 2.34. The third-order valence-electron chi connectivity index (χ3n) is 3.22. The maximum absolute atomic E-state index is 5.86. The first-order chi connectivity index (χ1) is 7.11. The number of hydrogen-bond donors (Lipinski definition) is 0. The van der Waals surface area contributed by atoms with Crippen molar-refractivity contribution in [3.05, 3.63) is 29.3 Å². The first kappa shape index (κ1) is 10.5. The average Bonchev–Trinajstić information content (AvgIpc) is 2.38. The molecule has 1 heterocycles. The van der Waals surface area contributed by atoms with E-state index in [4.69, 9.17) is 4.74 Å². The maximum Gasteiger partial charge on any atom is 0.122 e. The number of aryl methyl sites for hydroxylation is 2. The van der Waals surface area contributed by atoms with E-state index >= 15 is 0 Å². The van der Waals surface area contributed by atoms with Crippen molar-refractivity contribution in [3.63, 3.8) is 0 Å². The lowest BCUT2D eigenvalue weighted by molar-refractivity contribution is 0.182. The molecule has 0 atom stereocenters. The normalized spacial score (nSPS) is 18.9. The molecule has 1 aliphatic heterocycles. The van der Waals surface area contributed by atoms with E-state index in [9.17, 15) is 0 Å². The highest BCUT2D eigenvalue weighted by Gasteiger charge is 2.23. The molecule has 0 aromatic heterocycles. The smallest absolute Gasteiger partial charge is 0.122 e. The van der Waals surface area contributed by atoms with Crippen LogP contribution in [0.25, 0.3) is 0 Å². The fourth-order valence-corrected chi connectivity index (χ4v) is 2.01. The highest BCUT2D eigenvalue weighted by atomic mass is 16.5. The van der Waals surface area contributed by atoms with E-state index in [1.165, 1.54) is 17.5 Å². The molecule has 0 unspecified atom stereocenters. The Labute approximate surface area is 92.5 Å². The van der Waals surface area contributed by atoms with Gasteiger partial charge in [0.1, 0.15) is 5.75 Å². The van der Waals surface area contributed by atoms with Crippen LogP contribution in [0.2, 0.25) is 0 Å². The Morgan fingerprint density at radius 3 is 2.87 bits per heavy atom. The maximum atomic E-state index is 5.86. The van der Waals surface area contributed by atoms with Crippen LogP contribution in [0.1, 0.15) is 38.3 Å². The number of benzene rings is 1. The summed E-state index contributed by atoms with van der Waals surface area (Å²) in [5.74, 6) is 1.10. The van der Waals surface area contributed by atoms with Gasteiger partial charge >= 0.3 is 0 Å². The fraction of sp³-hybridized carbons (Fsp3) is 0.571. The van der Waals surface area contributed by atoms with E-state index in [0.29, 0.717) is 5.41 Å². The van der Waals surface area contributed by atoms with Gasteiger partial charge in [-0.05, 0) is 41.9 Å². The summed E-state index contributed by atoms with van der Waals surface area (Å²) in [5.41, 5.74) is 3.11. The molecule has 2 rings (SSSR count). The summed E-state index contributed by atoms with van der Waals surface area (Å²) in [6, 6.07) is 6.61. The van der Waals surface area contributed by atoms with Crippen LogP contribution in [0.5, 0.6) is 5.75 Å². The molecule has 0 N–H and O–H groups in total. The van der Waals surface area contributed by atoms with Crippen molar-refractivity contribution in [3.8, 4) is 5.75 Å². The third-order valence-corrected chi connectivity index (χ3v) is 3.22. The van der Waals surface area contributed by atoms with Crippen LogP contribution in [0.15, 0.2) is 18.2 Å². The van der Waals surface area contributed by atoms with Gasteiger partial charge in [-0.3, -0.25) is 0 Å². The van der Waals surface area contributed by atoms with Gasteiger partial charge in [-0.15, -0.1) is 0 Å². The molecule has 0 aliphatic carbocycles. The van der Waals surface area contributed by atoms with Crippen molar-refractivity contribution in [2.45, 2.75) is 40.0 Å². The van der Waals surface area contributed by atoms with Crippen molar-refractivity contribution < 1.29 is 4.74 Å². The SMILES string of the molecule is CCc1ccc2c(c1)CCC(C)(C)CO2. The molecule has 0 amide bonds. The molecule has 1 aliphatic rings. The molecule has 0 saturated heterocycles. The van der Waals surface area contributed by atoms with Gasteiger partial charge in [0.25, 0.3) is 0 Å². The number of ether oxygens (including phenoxy) is 1. The van der Waals surface area contributed by atoms with Gasteiger partial charge in [-0.25, -0.2) is 0 Å². The van der Waals surface area contributed by atoms with Gasteiger partial charge in [-0.1, -0.05) is 32.9 Å². The van der Waals surface area contributed by atoms with Crippen LogP contribution in [0.4, 0.5) is 0 Å². The second-order valence-electron chi connectivity index (χ2n) is 5.25. The molecule has 15 heavy (non-hydrogen) atoms. The second-order valence-corrected chi connectivity index (χ2v) is 5.25. The lowest BCUT2D eigenvalue weighted by Gasteiger charge is -2.20. The largest absolute Gasteiger partial charge is 0.493 e. The Morgan fingerprint density at radius 2 is 2.13 bits per heavy atom. The molecule has 1 heteroatoms. The van der Waals surface area contributed by atoms with E-state index in [-0.39, 0.29) is 0 Å². The zero-order valence-electron chi connectivity index (χ0n) is 9.97. The van der Waals surface area contributed by atoms with Gasteiger partial charge < -0.3 is 4.74 Å². The van der Waals surface area contributed by atoms with E-state index in [1.807, 2.05) is 0 Å². The summed E-state index contributed by atoms with van der Waals surface area (Å²) < 4.78 is 5.86. The Bertz CT molecular complexity index is 352. The molecule has 1 aromatic rings.